The second-order valence-corrected chi connectivity index (χ2v) is 5.98. The number of nitrogens with one attached hydrogen (secondary N) is 1. The number of hydrogen-bond donors (Lipinski definition) is 1. The van der Waals surface area contributed by atoms with Gasteiger partial charge in [-0.1, -0.05) is 38.8 Å². The van der Waals surface area contributed by atoms with Crippen molar-refractivity contribution >= 4 is 60.7 Å². The predicted octanol–water partition coefficient (Wildman–Crippen LogP) is 4.56. The number of carbonyl (C=O) groups excluding carboxylic acids is 1. The van der Waals surface area contributed by atoms with Crippen LogP contribution in [-0.4, -0.2) is 11.1 Å². The number of halogens is 2. The number of fused-ring (bicyclic) bond motifs is 1. The Morgan fingerprint density at radius 1 is 1.42 bits per heavy atom. The largest absolute Gasteiger partial charge is 0.363 e. The summed E-state index contributed by atoms with van der Waals surface area (Å²) >= 11 is 11.0. The van der Waals surface area contributed by atoms with Crippen molar-refractivity contribution in [2.75, 3.05) is 5.32 Å². The van der Waals surface area contributed by atoms with Gasteiger partial charge in [-0.25, -0.2) is 0 Å². The Morgan fingerprint density at radius 2 is 2.26 bits per heavy atom. The molecule has 0 unspecified atom stereocenters. The van der Waals surface area contributed by atoms with E-state index >= 15 is 0 Å². The van der Waals surface area contributed by atoms with Gasteiger partial charge < -0.3 is 9.84 Å². The van der Waals surface area contributed by atoms with Crippen molar-refractivity contribution in [2.45, 2.75) is 0 Å². The Labute approximate surface area is 125 Å². The van der Waals surface area contributed by atoms with Gasteiger partial charge in [-0.2, -0.15) is 0 Å². The normalized spacial score (nSPS) is 10.8. The molecule has 1 aromatic carbocycles. The molecule has 4 nitrogen and oxygen atoms in total. The number of aromatic nitrogens is 1. The molecule has 0 saturated heterocycles. The summed E-state index contributed by atoms with van der Waals surface area (Å²) in [5.74, 6) is 0.0598. The Morgan fingerprint density at radius 3 is 2.95 bits per heavy atom. The molecule has 1 N–H and O–H groups in total. The van der Waals surface area contributed by atoms with E-state index in [4.69, 9.17) is 11.6 Å². The van der Waals surface area contributed by atoms with Crippen LogP contribution in [0.3, 0.4) is 0 Å². The third kappa shape index (κ3) is 2.27. The summed E-state index contributed by atoms with van der Waals surface area (Å²) in [6.45, 7) is 0. The van der Waals surface area contributed by atoms with Crippen molar-refractivity contribution < 1.29 is 9.32 Å². The van der Waals surface area contributed by atoms with Gasteiger partial charge in [0.25, 0.3) is 5.91 Å². The van der Waals surface area contributed by atoms with E-state index in [0.29, 0.717) is 15.7 Å². The Balaban J connectivity index is 2.03. The Bertz CT molecular complexity index is 755. The molecule has 1 amide bonds. The van der Waals surface area contributed by atoms with E-state index in [1.165, 1.54) is 17.6 Å². The van der Waals surface area contributed by atoms with E-state index < -0.39 is 0 Å². The molecule has 0 fully saturated rings. The lowest BCUT2D eigenvalue weighted by molar-refractivity contribution is 0.103. The fraction of sp³-hybridized carbons (Fsp3) is 0. The molecular formula is C12H6BrClN2O2S. The lowest BCUT2D eigenvalue weighted by Crippen LogP contribution is -2.10. The zero-order valence-corrected chi connectivity index (χ0v) is 12.5. The first-order chi connectivity index (χ1) is 9.16. The Hall–Kier alpha value is -1.37. The first kappa shape index (κ1) is 12.7. The number of hydrogen-bond acceptors (Lipinski definition) is 4. The molecule has 3 rings (SSSR count). The molecule has 7 heteroatoms. The number of amides is 1. The number of anilines is 1. The van der Waals surface area contributed by atoms with Crippen LogP contribution < -0.4 is 5.32 Å². The van der Waals surface area contributed by atoms with Gasteiger partial charge in [-0.05, 0) is 12.1 Å². The van der Waals surface area contributed by atoms with Crippen molar-refractivity contribution in [3.63, 3.8) is 0 Å². The zero-order chi connectivity index (χ0) is 13.4. The van der Waals surface area contributed by atoms with Crippen LogP contribution in [0, 0.1) is 0 Å². The maximum atomic E-state index is 12.1. The summed E-state index contributed by atoms with van der Waals surface area (Å²) in [5.41, 5.74) is 0. The quantitative estimate of drug-likeness (QED) is 0.731. The molecule has 0 radical (unpaired) electrons. The summed E-state index contributed by atoms with van der Waals surface area (Å²) in [7, 11) is 0. The standard InChI is InChI=1S/C12H6BrClN2O2S/c13-6-2-1-3-7-9(6)10(14)11(19-7)12(17)15-8-4-5-18-16-8/h1-5H,(H,15,16,17). The van der Waals surface area contributed by atoms with Crippen LogP contribution in [0.4, 0.5) is 5.82 Å². The fourth-order valence-corrected chi connectivity index (χ4v) is 3.95. The van der Waals surface area contributed by atoms with Crippen LogP contribution in [0.25, 0.3) is 10.1 Å². The van der Waals surface area contributed by atoms with Crippen LogP contribution in [0.5, 0.6) is 0 Å². The maximum absolute atomic E-state index is 12.1. The highest BCUT2D eigenvalue weighted by Gasteiger charge is 2.19. The van der Waals surface area contributed by atoms with Gasteiger partial charge in [-0.3, -0.25) is 4.79 Å². The van der Waals surface area contributed by atoms with Gasteiger partial charge in [0.2, 0.25) is 0 Å². The highest BCUT2D eigenvalue weighted by Crippen LogP contribution is 2.39. The van der Waals surface area contributed by atoms with Gasteiger partial charge >= 0.3 is 0 Å². The minimum atomic E-state index is -0.299. The van der Waals surface area contributed by atoms with E-state index in [2.05, 4.69) is 30.9 Å². The summed E-state index contributed by atoms with van der Waals surface area (Å²) in [6.07, 6.45) is 1.39. The molecule has 0 atom stereocenters. The molecule has 0 saturated carbocycles. The third-order valence-corrected chi connectivity index (χ3v) is 4.80. The average Bonchev–Trinajstić information content (AvgIpc) is 2.98. The average molecular weight is 358 g/mol. The molecule has 0 aliphatic heterocycles. The third-order valence-electron chi connectivity index (χ3n) is 2.49. The lowest BCUT2D eigenvalue weighted by Gasteiger charge is -1.98. The monoisotopic (exact) mass is 356 g/mol. The second kappa shape index (κ2) is 4.96. The smallest absolute Gasteiger partial charge is 0.268 e. The first-order valence-corrected chi connectivity index (χ1v) is 7.24. The van der Waals surface area contributed by atoms with Crippen molar-refractivity contribution in [1.29, 1.82) is 0 Å². The summed E-state index contributed by atoms with van der Waals surface area (Å²) < 4.78 is 6.47. The fourth-order valence-electron chi connectivity index (χ4n) is 1.67. The van der Waals surface area contributed by atoms with Crippen LogP contribution in [-0.2, 0) is 0 Å². The Kier molecular flexibility index (Phi) is 3.30. The summed E-state index contributed by atoms with van der Waals surface area (Å²) in [5, 5.41) is 7.54. The number of carbonyl (C=O) groups is 1. The molecule has 0 aliphatic carbocycles. The minimum absolute atomic E-state index is 0.299. The van der Waals surface area contributed by atoms with Gasteiger partial charge in [0, 0.05) is 20.6 Å². The zero-order valence-electron chi connectivity index (χ0n) is 9.31. The predicted molar refractivity (Wildman–Crippen MR) is 79.0 cm³/mol. The lowest BCUT2D eigenvalue weighted by atomic mass is 10.2. The number of rotatable bonds is 2. The van der Waals surface area contributed by atoms with E-state index in [-0.39, 0.29) is 5.91 Å². The van der Waals surface area contributed by atoms with Crippen molar-refractivity contribution in [3.05, 3.63) is 44.9 Å². The maximum Gasteiger partial charge on any atom is 0.268 e. The molecule has 2 heterocycles. The summed E-state index contributed by atoms with van der Waals surface area (Å²) in [6, 6.07) is 7.28. The number of benzene rings is 1. The van der Waals surface area contributed by atoms with E-state index in [1.54, 1.807) is 6.07 Å². The van der Waals surface area contributed by atoms with Gasteiger partial charge in [0.15, 0.2) is 5.82 Å². The van der Waals surface area contributed by atoms with E-state index in [1.807, 2.05) is 18.2 Å². The first-order valence-electron chi connectivity index (χ1n) is 5.25. The van der Waals surface area contributed by atoms with Crippen LogP contribution in [0.15, 0.2) is 39.5 Å². The molecule has 3 aromatic rings. The van der Waals surface area contributed by atoms with Crippen molar-refractivity contribution in [2.24, 2.45) is 0 Å². The van der Waals surface area contributed by atoms with Crippen LogP contribution in [0.1, 0.15) is 9.67 Å². The highest BCUT2D eigenvalue weighted by molar-refractivity contribution is 9.10. The molecule has 2 aromatic heterocycles. The molecular weight excluding hydrogens is 352 g/mol. The van der Waals surface area contributed by atoms with Gasteiger partial charge in [0.1, 0.15) is 11.1 Å². The second-order valence-electron chi connectivity index (χ2n) is 3.70. The van der Waals surface area contributed by atoms with Crippen LogP contribution >= 0.6 is 38.9 Å². The number of nitrogens with zero attached hydrogens (tertiary/aromatic N) is 1. The van der Waals surface area contributed by atoms with E-state index in [9.17, 15) is 4.79 Å². The van der Waals surface area contributed by atoms with Crippen molar-refractivity contribution in [3.8, 4) is 0 Å². The van der Waals surface area contributed by atoms with Gasteiger partial charge in [0.05, 0.1) is 5.02 Å². The number of thiophene rings is 1. The molecule has 0 aliphatic rings. The van der Waals surface area contributed by atoms with E-state index in [0.717, 1.165) is 14.6 Å². The van der Waals surface area contributed by atoms with Crippen LogP contribution in [0.2, 0.25) is 5.02 Å². The molecule has 0 spiro atoms. The molecule has 0 bridgehead atoms. The van der Waals surface area contributed by atoms with Gasteiger partial charge in [-0.15, -0.1) is 11.3 Å². The van der Waals surface area contributed by atoms with Crippen molar-refractivity contribution in [1.82, 2.24) is 5.16 Å². The highest BCUT2D eigenvalue weighted by atomic mass is 79.9. The SMILES string of the molecule is O=C(Nc1ccon1)c1sc2cccc(Br)c2c1Cl. The minimum Gasteiger partial charge on any atom is -0.363 e. The molecule has 19 heavy (non-hydrogen) atoms. The topological polar surface area (TPSA) is 55.1 Å². The molecule has 96 valence electrons. The summed E-state index contributed by atoms with van der Waals surface area (Å²) in [4.78, 5) is 12.6.